The van der Waals surface area contributed by atoms with Crippen molar-refractivity contribution in [2.45, 2.75) is 32.9 Å². The van der Waals surface area contributed by atoms with Gasteiger partial charge in [-0.2, -0.15) is 0 Å². The lowest BCUT2D eigenvalue weighted by molar-refractivity contribution is -0.142. The highest BCUT2D eigenvalue weighted by Gasteiger charge is 2.46. The SMILES string of the molecule is Cc1ccc(C(C)N(C)C(=O)C2(C)COCC2N)cc1. The van der Waals surface area contributed by atoms with Crippen LogP contribution >= 0.6 is 0 Å². The highest BCUT2D eigenvalue weighted by atomic mass is 16.5. The number of benzene rings is 1. The number of aryl methyl sites for hydroxylation is 1. The summed E-state index contributed by atoms with van der Waals surface area (Å²) in [5, 5.41) is 0. The second-order valence-corrected chi connectivity index (χ2v) is 6.04. The van der Waals surface area contributed by atoms with Gasteiger partial charge in [-0.1, -0.05) is 29.8 Å². The molecule has 1 aromatic carbocycles. The van der Waals surface area contributed by atoms with Crippen molar-refractivity contribution in [2.24, 2.45) is 11.1 Å². The highest BCUT2D eigenvalue weighted by Crippen LogP contribution is 2.32. The van der Waals surface area contributed by atoms with Crippen LogP contribution in [0.2, 0.25) is 0 Å². The van der Waals surface area contributed by atoms with Crippen LogP contribution in [0.1, 0.15) is 31.0 Å². The zero-order chi connectivity index (χ0) is 14.9. The Balaban J connectivity index is 2.16. The van der Waals surface area contributed by atoms with Crippen molar-refractivity contribution in [1.29, 1.82) is 0 Å². The molecule has 1 aromatic rings. The van der Waals surface area contributed by atoms with Gasteiger partial charge in [-0.05, 0) is 26.3 Å². The molecule has 1 heterocycles. The topological polar surface area (TPSA) is 55.6 Å². The van der Waals surface area contributed by atoms with Gasteiger partial charge in [-0.25, -0.2) is 0 Å². The molecule has 0 radical (unpaired) electrons. The summed E-state index contributed by atoms with van der Waals surface area (Å²) >= 11 is 0. The molecular weight excluding hydrogens is 252 g/mol. The van der Waals surface area contributed by atoms with Gasteiger partial charge in [0.2, 0.25) is 5.91 Å². The quantitative estimate of drug-likeness (QED) is 0.917. The van der Waals surface area contributed by atoms with Gasteiger partial charge in [-0.15, -0.1) is 0 Å². The van der Waals surface area contributed by atoms with E-state index < -0.39 is 5.41 Å². The zero-order valence-electron chi connectivity index (χ0n) is 12.7. The van der Waals surface area contributed by atoms with Crippen molar-refractivity contribution in [1.82, 2.24) is 4.90 Å². The number of ether oxygens (including phenoxy) is 1. The van der Waals surface area contributed by atoms with Crippen molar-refractivity contribution < 1.29 is 9.53 Å². The summed E-state index contributed by atoms with van der Waals surface area (Å²) in [5.41, 5.74) is 7.76. The standard InChI is InChI=1S/C16H24N2O2/c1-11-5-7-13(8-6-11)12(2)18(4)15(19)16(3)10-20-9-14(16)17/h5-8,12,14H,9-10,17H2,1-4H3. The van der Waals surface area contributed by atoms with Gasteiger partial charge in [0.05, 0.1) is 24.7 Å². The molecule has 2 N–H and O–H groups in total. The highest BCUT2D eigenvalue weighted by molar-refractivity contribution is 5.84. The summed E-state index contributed by atoms with van der Waals surface area (Å²) in [4.78, 5) is 14.5. The van der Waals surface area contributed by atoms with Crippen LogP contribution < -0.4 is 5.73 Å². The molecule has 2 rings (SSSR count). The first-order valence-corrected chi connectivity index (χ1v) is 7.03. The summed E-state index contributed by atoms with van der Waals surface area (Å²) in [5.74, 6) is 0.0515. The Morgan fingerprint density at radius 1 is 1.45 bits per heavy atom. The zero-order valence-corrected chi connectivity index (χ0v) is 12.7. The fourth-order valence-corrected chi connectivity index (χ4v) is 2.56. The lowest BCUT2D eigenvalue weighted by Gasteiger charge is -2.34. The molecule has 110 valence electrons. The molecule has 4 heteroatoms. The minimum atomic E-state index is -0.617. The van der Waals surface area contributed by atoms with E-state index in [0.29, 0.717) is 13.2 Å². The monoisotopic (exact) mass is 276 g/mol. The Kier molecular flexibility index (Phi) is 4.16. The number of amides is 1. The van der Waals surface area contributed by atoms with E-state index in [-0.39, 0.29) is 18.0 Å². The number of hydrogen-bond acceptors (Lipinski definition) is 3. The third-order valence-electron chi connectivity index (χ3n) is 4.47. The Labute approximate surface area is 120 Å². The molecule has 1 saturated heterocycles. The number of carbonyl (C=O) groups is 1. The van der Waals surface area contributed by atoms with Crippen LogP contribution in [0, 0.1) is 12.3 Å². The van der Waals surface area contributed by atoms with E-state index in [9.17, 15) is 4.79 Å². The van der Waals surface area contributed by atoms with E-state index >= 15 is 0 Å². The molecule has 0 aromatic heterocycles. The average Bonchev–Trinajstić information content (AvgIpc) is 2.78. The van der Waals surface area contributed by atoms with Crippen LogP contribution in [0.3, 0.4) is 0 Å². The van der Waals surface area contributed by atoms with E-state index in [1.54, 1.807) is 4.90 Å². The normalized spacial score (nSPS) is 27.4. The van der Waals surface area contributed by atoms with Crippen LogP contribution in [0.25, 0.3) is 0 Å². The van der Waals surface area contributed by atoms with Crippen molar-refractivity contribution in [3.8, 4) is 0 Å². The Bertz CT molecular complexity index is 486. The number of nitrogens with two attached hydrogens (primary N) is 1. The maximum absolute atomic E-state index is 12.7. The molecule has 0 bridgehead atoms. The summed E-state index contributed by atoms with van der Waals surface area (Å²) in [7, 11) is 1.84. The molecule has 20 heavy (non-hydrogen) atoms. The van der Waals surface area contributed by atoms with Crippen LogP contribution in [0.15, 0.2) is 24.3 Å². The summed E-state index contributed by atoms with van der Waals surface area (Å²) in [6.45, 7) is 6.84. The van der Waals surface area contributed by atoms with Crippen molar-refractivity contribution in [3.63, 3.8) is 0 Å². The average molecular weight is 276 g/mol. The third-order valence-corrected chi connectivity index (χ3v) is 4.47. The molecule has 1 aliphatic rings. The lowest BCUT2D eigenvalue weighted by Crippen LogP contribution is -2.50. The van der Waals surface area contributed by atoms with Crippen molar-refractivity contribution in [2.75, 3.05) is 20.3 Å². The van der Waals surface area contributed by atoms with Crippen LogP contribution in [-0.2, 0) is 9.53 Å². The second kappa shape index (κ2) is 5.54. The molecule has 1 amide bonds. The predicted molar refractivity (Wildman–Crippen MR) is 79.3 cm³/mol. The third kappa shape index (κ3) is 2.58. The largest absolute Gasteiger partial charge is 0.379 e. The van der Waals surface area contributed by atoms with E-state index in [2.05, 4.69) is 31.2 Å². The molecule has 0 spiro atoms. The Morgan fingerprint density at radius 3 is 2.55 bits per heavy atom. The van der Waals surface area contributed by atoms with E-state index in [1.165, 1.54) is 5.56 Å². The van der Waals surface area contributed by atoms with Gasteiger partial charge in [-0.3, -0.25) is 4.79 Å². The Hall–Kier alpha value is -1.39. The van der Waals surface area contributed by atoms with Gasteiger partial charge in [0.25, 0.3) is 0 Å². The van der Waals surface area contributed by atoms with Crippen LogP contribution in [-0.4, -0.2) is 37.1 Å². The second-order valence-electron chi connectivity index (χ2n) is 6.04. The minimum Gasteiger partial charge on any atom is -0.379 e. The van der Waals surface area contributed by atoms with Crippen molar-refractivity contribution >= 4 is 5.91 Å². The summed E-state index contributed by atoms with van der Waals surface area (Å²) in [6, 6.07) is 8.05. The fraction of sp³-hybridized carbons (Fsp3) is 0.562. The first kappa shape index (κ1) is 15.0. The number of carbonyl (C=O) groups excluding carboxylic acids is 1. The number of rotatable bonds is 3. The molecule has 0 saturated carbocycles. The van der Waals surface area contributed by atoms with E-state index in [1.807, 2.05) is 20.9 Å². The first-order chi connectivity index (χ1) is 9.36. The lowest BCUT2D eigenvalue weighted by atomic mass is 9.83. The van der Waals surface area contributed by atoms with E-state index in [0.717, 1.165) is 5.56 Å². The van der Waals surface area contributed by atoms with Gasteiger partial charge in [0.1, 0.15) is 0 Å². The predicted octanol–water partition coefficient (Wildman–Crippen LogP) is 1.88. The molecule has 0 aliphatic carbocycles. The van der Waals surface area contributed by atoms with E-state index in [4.69, 9.17) is 10.5 Å². The van der Waals surface area contributed by atoms with Gasteiger partial charge in [0.15, 0.2) is 0 Å². The smallest absolute Gasteiger partial charge is 0.232 e. The number of hydrogen-bond donors (Lipinski definition) is 1. The molecule has 3 atom stereocenters. The first-order valence-electron chi connectivity index (χ1n) is 7.03. The molecule has 1 fully saturated rings. The molecule has 4 nitrogen and oxygen atoms in total. The summed E-state index contributed by atoms with van der Waals surface area (Å²) in [6.07, 6.45) is 0. The summed E-state index contributed by atoms with van der Waals surface area (Å²) < 4.78 is 5.37. The fourth-order valence-electron chi connectivity index (χ4n) is 2.56. The molecule has 3 unspecified atom stereocenters. The van der Waals surface area contributed by atoms with Crippen molar-refractivity contribution in [3.05, 3.63) is 35.4 Å². The van der Waals surface area contributed by atoms with Crippen LogP contribution in [0.5, 0.6) is 0 Å². The van der Waals surface area contributed by atoms with Crippen LogP contribution in [0.4, 0.5) is 0 Å². The maximum Gasteiger partial charge on any atom is 0.232 e. The van der Waals surface area contributed by atoms with Gasteiger partial charge >= 0.3 is 0 Å². The minimum absolute atomic E-state index is 0.0210. The Morgan fingerprint density at radius 2 is 2.05 bits per heavy atom. The molecular formula is C16H24N2O2. The number of nitrogens with zero attached hydrogens (tertiary/aromatic N) is 1. The van der Waals surface area contributed by atoms with Gasteiger partial charge in [0, 0.05) is 13.1 Å². The maximum atomic E-state index is 12.7. The molecule has 1 aliphatic heterocycles. The van der Waals surface area contributed by atoms with Gasteiger partial charge < -0.3 is 15.4 Å².